The number of halogens is 1. The Labute approximate surface area is 131 Å². The van der Waals surface area contributed by atoms with Gasteiger partial charge in [-0.3, -0.25) is 4.79 Å². The van der Waals surface area contributed by atoms with Gasteiger partial charge in [-0.25, -0.2) is 9.18 Å². The number of aromatic nitrogens is 4. The Morgan fingerprint density at radius 1 is 1.35 bits per heavy atom. The SMILES string of the molecule is Cn1nnn(-c2cc(C(C)(C)C)c(F)cc2OCC(N)=O)c1=O. The van der Waals surface area contributed by atoms with Gasteiger partial charge in [0.25, 0.3) is 5.91 Å². The Kier molecular flexibility index (Phi) is 4.22. The summed E-state index contributed by atoms with van der Waals surface area (Å²) in [6.45, 7) is 5.05. The highest BCUT2D eigenvalue weighted by molar-refractivity contribution is 5.75. The molecule has 0 saturated heterocycles. The number of tetrazole rings is 1. The molecule has 124 valence electrons. The van der Waals surface area contributed by atoms with Crippen molar-refractivity contribution in [2.75, 3.05) is 6.61 Å². The molecule has 0 atom stereocenters. The maximum atomic E-state index is 14.3. The average Bonchev–Trinajstić information content (AvgIpc) is 2.75. The zero-order valence-electron chi connectivity index (χ0n) is 13.3. The van der Waals surface area contributed by atoms with Gasteiger partial charge in [-0.2, -0.15) is 9.36 Å². The van der Waals surface area contributed by atoms with Gasteiger partial charge in [0.1, 0.15) is 17.3 Å². The van der Waals surface area contributed by atoms with Gasteiger partial charge in [-0.15, -0.1) is 0 Å². The summed E-state index contributed by atoms with van der Waals surface area (Å²) < 4.78 is 21.6. The first-order valence-electron chi connectivity index (χ1n) is 6.85. The van der Waals surface area contributed by atoms with E-state index in [4.69, 9.17) is 10.5 Å². The fourth-order valence-electron chi connectivity index (χ4n) is 2.01. The lowest BCUT2D eigenvalue weighted by molar-refractivity contribution is -0.119. The van der Waals surface area contributed by atoms with Crippen LogP contribution in [0.5, 0.6) is 5.75 Å². The van der Waals surface area contributed by atoms with Crippen LogP contribution >= 0.6 is 0 Å². The fourth-order valence-corrected chi connectivity index (χ4v) is 2.01. The molecule has 0 aliphatic carbocycles. The Morgan fingerprint density at radius 2 is 2.00 bits per heavy atom. The lowest BCUT2D eigenvalue weighted by Gasteiger charge is -2.22. The molecule has 0 saturated carbocycles. The molecule has 9 heteroatoms. The number of amides is 1. The van der Waals surface area contributed by atoms with Crippen molar-refractivity contribution >= 4 is 5.91 Å². The van der Waals surface area contributed by atoms with E-state index in [0.717, 1.165) is 15.4 Å². The molecule has 23 heavy (non-hydrogen) atoms. The van der Waals surface area contributed by atoms with Crippen molar-refractivity contribution in [3.63, 3.8) is 0 Å². The van der Waals surface area contributed by atoms with Crippen molar-refractivity contribution in [2.45, 2.75) is 26.2 Å². The number of carbonyl (C=O) groups excluding carboxylic acids is 1. The standard InChI is InChI=1S/C14H18FN5O3/c1-14(2,3)8-5-10(20-13(22)19(4)17-18-20)11(6-9(8)15)23-7-12(16)21/h5-6H,7H2,1-4H3,(H2,16,21). The van der Waals surface area contributed by atoms with Gasteiger partial charge in [0.05, 0.1) is 0 Å². The van der Waals surface area contributed by atoms with E-state index in [2.05, 4.69) is 10.4 Å². The largest absolute Gasteiger partial charge is 0.481 e. The smallest absolute Gasteiger partial charge is 0.368 e. The van der Waals surface area contributed by atoms with Crippen molar-refractivity contribution < 1.29 is 13.9 Å². The summed E-state index contributed by atoms with van der Waals surface area (Å²) >= 11 is 0. The highest BCUT2D eigenvalue weighted by Gasteiger charge is 2.23. The molecule has 1 aromatic heterocycles. The van der Waals surface area contributed by atoms with Crippen molar-refractivity contribution in [3.8, 4) is 11.4 Å². The molecule has 0 unspecified atom stereocenters. The number of nitrogens with zero attached hydrogens (tertiary/aromatic N) is 4. The molecular formula is C14H18FN5O3. The summed E-state index contributed by atoms with van der Waals surface area (Å²) in [5, 5.41) is 7.34. The van der Waals surface area contributed by atoms with E-state index in [1.807, 2.05) is 20.8 Å². The van der Waals surface area contributed by atoms with Crippen molar-refractivity contribution in [3.05, 3.63) is 34.0 Å². The number of hydrogen-bond acceptors (Lipinski definition) is 5. The Bertz CT molecular complexity index is 804. The number of carbonyl (C=O) groups is 1. The van der Waals surface area contributed by atoms with Crippen LogP contribution in [-0.4, -0.2) is 32.3 Å². The molecule has 8 nitrogen and oxygen atoms in total. The third-order valence-electron chi connectivity index (χ3n) is 3.18. The van der Waals surface area contributed by atoms with Crippen LogP contribution < -0.4 is 16.2 Å². The summed E-state index contributed by atoms with van der Waals surface area (Å²) in [7, 11) is 1.43. The normalized spacial score (nSPS) is 11.5. The molecule has 1 heterocycles. The van der Waals surface area contributed by atoms with Gasteiger partial charge < -0.3 is 10.5 Å². The van der Waals surface area contributed by atoms with Crippen molar-refractivity contribution in [2.24, 2.45) is 12.8 Å². The van der Waals surface area contributed by atoms with E-state index in [9.17, 15) is 14.0 Å². The predicted molar refractivity (Wildman–Crippen MR) is 79.9 cm³/mol. The molecule has 0 aliphatic heterocycles. The fraction of sp³-hybridized carbons (Fsp3) is 0.429. The lowest BCUT2D eigenvalue weighted by atomic mass is 9.86. The molecule has 0 bridgehead atoms. The number of rotatable bonds is 4. The van der Waals surface area contributed by atoms with Crippen LogP contribution in [0.4, 0.5) is 4.39 Å². The number of aryl methyl sites for hydroxylation is 1. The minimum absolute atomic E-state index is 0.0168. The summed E-state index contributed by atoms with van der Waals surface area (Å²) in [5.74, 6) is -1.25. The maximum Gasteiger partial charge on any atom is 0.368 e. The second kappa shape index (κ2) is 5.82. The van der Waals surface area contributed by atoms with Crippen LogP contribution in [-0.2, 0) is 17.3 Å². The molecule has 1 aromatic carbocycles. The van der Waals surface area contributed by atoms with E-state index in [1.165, 1.54) is 13.1 Å². The number of hydrogen-bond donors (Lipinski definition) is 1. The van der Waals surface area contributed by atoms with Crippen LogP contribution in [0.15, 0.2) is 16.9 Å². The predicted octanol–water partition coefficient (Wildman–Crippen LogP) is 0.267. The number of ether oxygens (including phenoxy) is 1. The summed E-state index contributed by atoms with van der Waals surface area (Å²) in [5.41, 5.74) is 4.57. The van der Waals surface area contributed by atoms with Crippen molar-refractivity contribution in [1.29, 1.82) is 0 Å². The number of nitrogens with two attached hydrogens (primary N) is 1. The summed E-state index contributed by atoms with van der Waals surface area (Å²) in [6.07, 6.45) is 0. The number of primary amides is 1. The molecule has 0 fully saturated rings. The van der Waals surface area contributed by atoms with E-state index in [-0.39, 0.29) is 11.4 Å². The molecule has 1 amide bonds. The highest BCUT2D eigenvalue weighted by Crippen LogP contribution is 2.32. The van der Waals surface area contributed by atoms with E-state index < -0.39 is 29.4 Å². The Balaban J connectivity index is 2.66. The topological polar surface area (TPSA) is 105 Å². The highest BCUT2D eigenvalue weighted by atomic mass is 19.1. The van der Waals surface area contributed by atoms with Gasteiger partial charge in [-0.1, -0.05) is 20.8 Å². The zero-order chi connectivity index (χ0) is 17.4. The minimum atomic E-state index is -0.720. The summed E-state index contributed by atoms with van der Waals surface area (Å²) in [6, 6.07) is 2.57. The molecule has 0 aliphatic rings. The first kappa shape index (κ1) is 16.7. The second-order valence-corrected chi connectivity index (χ2v) is 6.10. The first-order chi connectivity index (χ1) is 10.6. The van der Waals surface area contributed by atoms with Crippen molar-refractivity contribution in [1.82, 2.24) is 19.8 Å². The van der Waals surface area contributed by atoms with Crippen LogP contribution in [0.2, 0.25) is 0 Å². The quantitative estimate of drug-likeness (QED) is 0.869. The van der Waals surface area contributed by atoms with Gasteiger partial charge >= 0.3 is 5.69 Å². The first-order valence-corrected chi connectivity index (χ1v) is 6.85. The zero-order valence-corrected chi connectivity index (χ0v) is 13.3. The summed E-state index contributed by atoms with van der Waals surface area (Å²) in [4.78, 5) is 23.0. The van der Waals surface area contributed by atoms with Gasteiger partial charge in [0.2, 0.25) is 0 Å². The molecule has 0 radical (unpaired) electrons. The molecule has 2 N–H and O–H groups in total. The number of benzene rings is 1. The maximum absolute atomic E-state index is 14.3. The van der Waals surface area contributed by atoms with E-state index >= 15 is 0 Å². The monoisotopic (exact) mass is 323 g/mol. The van der Waals surface area contributed by atoms with Crippen LogP contribution in [0.3, 0.4) is 0 Å². The molecular weight excluding hydrogens is 305 g/mol. The lowest BCUT2D eigenvalue weighted by Crippen LogP contribution is -2.25. The second-order valence-electron chi connectivity index (χ2n) is 6.10. The average molecular weight is 323 g/mol. The molecule has 2 rings (SSSR count). The van der Waals surface area contributed by atoms with Gasteiger partial charge in [0.15, 0.2) is 6.61 Å². The third-order valence-corrected chi connectivity index (χ3v) is 3.18. The van der Waals surface area contributed by atoms with Crippen LogP contribution in [0, 0.1) is 5.82 Å². The van der Waals surface area contributed by atoms with Crippen LogP contribution in [0.1, 0.15) is 26.3 Å². The van der Waals surface area contributed by atoms with E-state index in [0.29, 0.717) is 5.56 Å². The van der Waals surface area contributed by atoms with E-state index in [1.54, 1.807) is 0 Å². The molecule has 0 spiro atoms. The van der Waals surface area contributed by atoms with Gasteiger partial charge in [-0.05, 0) is 27.5 Å². The third kappa shape index (κ3) is 3.38. The molecule has 2 aromatic rings. The Hall–Kier alpha value is -2.71. The van der Waals surface area contributed by atoms with Gasteiger partial charge in [0, 0.05) is 13.1 Å². The Morgan fingerprint density at radius 3 is 2.48 bits per heavy atom. The van der Waals surface area contributed by atoms with Crippen LogP contribution in [0.25, 0.3) is 5.69 Å². The minimum Gasteiger partial charge on any atom is -0.481 e.